The molecule has 25 heavy (non-hydrogen) atoms. The summed E-state index contributed by atoms with van der Waals surface area (Å²) in [5, 5.41) is 5.90. The van der Waals surface area contributed by atoms with E-state index >= 15 is 0 Å². The zero-order chi connectivity index (χ0) is 17.8. The van der Waals surface area contributed by atoms with E-state index in [0.717, 1.165) is 18.4 Å². The maximum Gasteiger partial charge on any atom is 0.313 e. The van der Waals surface area contributed by atoms with Gasteiger partial charge in [0.15, 0.2) is 0 Å². The van der Waals surface area contributed by atoms with Crippen LogP contribution in [0.3, 0.4) is 0 Å². The number of fused-ring (bicyclic) bond motifs is 1. The summed E-state index contributed by atoms with van der Waals surface area (Å²) >= 11 is 5.81. The van der Waals surface area contributed by atoms with E-state index in [-0.39, 0.29) is 6.04 Å². The maximum atomic E-state index is 12.1. The molecular formula is C20H21ClN2O2. The Labute approximate surface area is 152 Å². The fourth-order valence-electron chi connectivity index (χ4n) is 3.09. The Morgan fingerprint density at radius 1 is 0.960 bits per heavy atom. The number of carbonyl (C=O) groups excluding carboxylic acids is 2. The maximum absolute atomic E-state index is 12.1. The molecule has 0 saturated carbocycles. The molecule has 4 nitrogen and oxygen atoms in total. The Morgan fingerprint density at radius 3 is 2.36 bits per heavy atom. The zero-order valence-electron chi connectivity index (χ0n) is 14.1. The average Bonchev–Trinajstić information content (AvgIpc) is 2.63. The number of aryl methyl sites for hydroxylation is 2. The van der Waals surface area contributed by atoms with E-state index in [2.05, 4.69) is 22.8 Å². The van der Waals surface area contributed by atoms with Crippen LogP contribution in [0.15, 0.2) is 42.5 Å². The van der Waals surface area contributed by atoms with Crippen molar-refractivity contribution in [1.82, 2.24) is 5.32 Å². The molecule has 0 spiro atoms. The van der Waals surface area contributed by atoms with Crippen LogP contribution in [-0.2, 0) is 22.4 Å². The van der Waals surface area contributed by atoms with Gasteiger partial charge in [-0.05, 0) is 73.6 Å². The first-order valence-electron chi connectivity index (χ1n) is 8.52. The van der Waals surface area contributed by atoms with Crippen LogP contribution in [0.1, 0.15) is 42.5 Å². The van der Waals surface area contributed by atoms with Crippen molar-refractivity contribution >= 4 is 29.1 Å². The van der Waals surface area contributed by atoms with Gasteiger partial charge in [-0.2, -0.15) is 0 Å². The van der Waals surface area contributed by atoms with Crippen molar-refractivity contribution in [3.8, 4) is 0 Å². The number of anilines is 1. The van der Waals surface area contributed by atoms with Crippen LogP contribution >= 0.6 is 11.6 Å². The van der Waals surface area contributed by atoms with Crippen molar-refractivity contribution in [3.05, 3.63) is 64.2 Å². The number of hydrogen-bond donors (Lipinski definition) is 2. The number of benzene rings is 2. The molecule has 1 aliphatic rings. The fraction of sp³-hybridized carbons (Fsp3) is 0.300. The quantitative estimate of drug-likeness (QED) is 0.815. The van der Waals surface area contributed by atoms with Crippen LogP contribution in [0.25, 0.3) is 0 Å². The molecule has 0 bridgehead atoms. The average molecular weight is 357 g/mol. The number of halogens is 1. The third-order valence-electron chi connectivity index (χ3n) is 4.53. The summed E-state index contributed by atoms with van der Waals surface area (Å²) in [4.78, 5) is 24.2. The van der Waals surface area contributed by atoms with Gasteiger partial charge in [-0.1, -0.05) is 29.8 Å². The minimum absolute atomic E-state index is 0.226. The minimum atomic E-state index is -0.688. The Hall–Kier alpha value is -2.33. The van der Waals surface area contributed by atoms with E-state index in [0.29, 0.717) is 10.7 Å². The van der Waals surface area contributed by atoms with Crippen molar-refractivity contribution in [2.75, 3.05) is 5.32 Å². The van der Waals surface area contributed by atoms with E-state index in [9.17, 15) is 9.59 Å². The van der Waals surface area contributed by atoms with Gasteiger partial charge in [-0.15, -0.1) is 0 Å². The lowest BCUT2D eigenvalue weighted by atomic mass is 9.89. The van der Waals surface area contributed by atoms with Gasteiger partial charge in [0.1, 0.15) is 0 Å². The van der Waals surface area contributed by atoms with Crippen LogP contribution in [0.4, 0.5) is 5.69 Å². The molecule has 2 N–H and O–H groups in total. The SMILES string of the molecule is CC(NC(=O)C(=O)Nc1ccc(Cl)cc1)c1ccc2c(c1)CCCC2. The first-order valence-corrected chi connectivity index (χ1v) is 8.90. The summed E-state index contributed by atoms with van der Waals surface area (Å²) in [6.07, 6.45) is 4.66. The summed E-state index contributed by atoms with van der Waals surface area (Å²) in [5.41, 5.74) is 4.31. The molecule has 0 fully saturated rings. The smallest absolute Gasteiger partial charge is 0.313 e. The summed E-state index contributed by atoms with van der Waals surface area (Å²) in [6.45, 7) is 1.89. The zero-order valence-corrected chi connectivity index (χ0v) is 14.9. The molecule has 5 heteroatoms. The molecule has 2 aromatic carbocycles. The third-order valence-corrected chi connectivity index (χ3v) is 4.78. The van der Waals surface area contributed by atoms with Crippen LogP contribution in [0, 0.1) is 0 Å². The molecule has 0 aliphatic heterocycles. The highest BCUT2D eigenvalue weighted by atomic mass is 35.5. The van der Waals surface area contributed by atoms with Crippen molar-refractivity contribution in [2.24, 2.45) is 0 Å². The number of carbonyl (C=O) groups is 2. The number of nitrogens with one attached hydrogen (secondary N) is 2. The molecule has 0 radical (unpaired) electrons. The van der Waals surface area contributed by atoms with E-state index in [1.54, 1.807) is 24.3 Å². The molecule has 0 saturated heterocycles. The predicted molar refractivity (Wildman–Crippen MR) is 99.7 cm³/mol. The van der Waals surface area contributed by atoms with Crippen molar-refractivity contribution < 1.29 is 9.59 Å². The lowest BCUT2D eigenvalue weighted by molar-refractivity contribution is -0.136. The monoisotopic (exact) mass is 356 g/mol. The highest BCUT2D eigenvalue weighted by Gasteiger charge is 2.18. The number of rotatable bonds is 3. The lowest BCUT2D eigenvalue weighted by Gasteiger charge is -2.20. The lowest BCUT2D eigenvalue weighted by Crippen LogP contribution is -2.37. The fourth-order valence-corrected chi connectivity index (χ4v) is 3.22. The molecule has 1 unspecified atom stereocenters. The van der Waals surface area contributed by atoms with E-state index in [1.807, 2.05) is 13.0 Å². The first kappa shape index (κ1) is 17.5. The topological polar surface area (TPSA) is 58.2 Å². The summed E-state index contributed by atoms with van der Waals surface area (Å²) < 4.78 is 0. The van der Waals surface area contributed by atoms with Gasteiger partial charge in [0.2, 0.25) is 0 Å². The summed E-state index contributed by atoms with van der Waals surface area (Å²) in [6, 6.07) is 12.7. The predicted octanol–water partition coefficient (Wildman–Crippen LogP) is 4.03. The molecule has 1 atom stereocenters. The van der Waals surface area contributed by atoms with Crippen LogP contribution in [0.2, 0.25) is 5.02 Å². The van der Waals surface area contributed by atoms with Gasteiger partial charge in [0.05, 0.1) is 6.04 Å². The second-order valence-corrected chi connectivity index (χ2v) is 6.83. The van der Waals surface area contributed by atoms with Gasteiger partial charge in [0, 0.05) is 10.7 Å². The van der Waals surface area contributed by atoms with Gasteiger partial charge in [-0.3, -0.25) is 9.59 Å². The van der Waals surface area contributed by atoms with E-state index in [1.165, 1.54) is 24.0 Å². The van der Waals surface area contributed by atoms with Gasteiger partial charge in [0.25, 0.3) is 0 Å². The molecule has 3 rings (SSSR count). The Morgan fingerprint density at radius 2 is 1.64 bits per heavy atom. The Kier molecular flexibility index (Phi) is 5.39. The highest BCUT2D eigenvalue weighted by molar-refractivity contribution is 6.39. The third kappa shape index (κ3) is 4.40. The summed E-state index contributed by atoms with van der Waals surface area (Å²) in [5.74, 6) is -1.34. The van der Waals surface area contributed by atoms with Crippen molar-refractivity contribution in [2.45, 2.75) is 38.6 Å². The minimum Gasteiger partial charge on any atom is -0.341 e. The second-order valence-electron chi connectivity index (χ2n) is 6.39. The van der Waals surface area contributed by atoms with E-state index in [4.69, 9.17) is 11.6 Å². The molecule has 1 aliphatic carbocycles. The van der Waals surface area contributed by atoms with Crippen LogP contribution in [0.5, 0.6) is 0 Å². The van der Waals surface area contributed by atoms with E-state index < -0.39 is 11.8 Å². The van der Waals surface area contributed by atoms with Crippen LogP contribution < -0.4 is 10.6 Å². The molecule has 2 aromatic rings. The second kappa shape index (κ2) is 7.70. The normalized spacial score (nSPS) is 14.3. The van der Waals surface area contributed by atoms with Crippen molar-refractivity contribution in [3.63, 3.8) is 0 Å². The largest absolute Gasteiger partial charge is 0.341 e. The summed E-state index contributed by atoms with van der Waals surface area (Å²) in [7, 11) is 0. The Bertz CT molecular complexity index is 787. The highest BCUT2D eigenvalue weighted by Crippen LogP contribution is 2.24. The molecule has 0 heterocycles. The molecule has 0 aromatic heterocycles. The molecule has 2 amide bonds. The van der Waals surface area contributed by atoms with Gasteiger partial charge in [-0.25, -0.2) is 0 Å². The number of hydrogen-bond acceptors (Lipinski definition) is 2. The van der Waals surface area contributed by atoms with Gasteiger partial charge >= 0.3 is 11.8 Å². The van der Waals surface area contributed by atoms with Crippen LogP contribution in [-0.4, -0.2) is 11.8 Å². The molecule has 130 valence electrons. The first-order chi connectivity index (χ1) is 12.0. The van der Waals surface area contributed by atoms with Gasteiger partial charge < -0.3 is 10.6 Å². The Balaban J connectivity index is 1.61. The van der Waals surface area contributed by atoms with Crippen molar-refractivity contribution in [1.29, 1.82) is 0 Å². The standard InChI is InChI=1S/C20H21ClN2O2/c1-13(15-7-6-14-4-2-3-5-16(14)12-15)22-19(24)20(25)23-18-10-8-17(21)9-11-18/h6-13H,2-5H2,1H3,(H,22,24)(H,23,25). The number of amides is 2. The molecular weight excluding hydrogens is 336 g/mol.